The van der Waals surface area contributed by atoms with Crippen molar-refractivity contribution in [1.82, 2.24) is 4.90 Å². The molecule has 1 atom stereocenters. The van der Waals surface area contributed by atoms with Gasteiger partial charge in [0.1, 0.15) is 11.9 Å². The summed E-state index contributed by atoms with van der Waals surface area (Å²) in [4.78, 5) is 25.7. The van der Waals surface area contributed by atoms with Gasteiger partial charge >= 0.3 is 0 Å². The molecule has 0 spiro atoms. The van der Waals surface area contributed by atoms with Crippen LogP contribution in [0.25, 0.3) is 0 Å². The molecule has 0 saturated carbocycles. The minimum atomic E-state index is -0.941. The van der Waals surface area contributed by atoms with Crippen molar-refractivity contribution in [3.05, 3.63) is 69.7 Å². The summed E-state index contributed by atoms with van der Waals surface area (Å²) in [5.74, 6) is -1.31. The lowest BCUT2D eigenvalue weighted by molar-refractivity contribution is -0.138. The molecule has 0 saturated heterocycles. The lowest BCUT2D eigenvalue weighted by Gasteiger charge is -2.29. The molecule has 2 aromatic rings. The van der Waals surface area contributed by atoms with Crippen LogP contribution in [0.5, 0.6) is 0 Å². The van der Waals surface area contributed by atoms with E-state index >= 15 is 0 Å². The maximum Gasteiger partial charge on any atom is 0.244 e. The highest BCUT2D eigenvalue weighted by Gasteiger charge is 2.29. The maximum absolute atomic E-state index is 12.3. The molecule has 0 aliphatic heterocycles. The van der Waals surface area contributed by atoms with E-state index in [1.165, 1.54) is 4.90 Å². The van der Waals surface area contributed by atoms with Crippen molar-refractivity contribution < 1.29 is 9.59 Å². The fourth-order valence-corrected chi connectivity index (χ4v) is 2.74. The predicted molar refractivity (Wildman–Crippen MR) is 96.1 cm³/mol. The molecule has 2 N–H and O–H groups in total. The van der Waals surface area contributed by atoms with Gasteiger partial charge in [0.25, 0.3) is 0 Å². The summed E-state index contributed by atoms with van der Waals surface area (Å²) in [5, 5.41) is 1.10. The lowest BCUT2D eigenvalue weighted by Crippen LogP contribution is -2.42. The fourth-order valence-electron chi connectivity index (χ4n) is 2.33. The number of nitrogens with zero attached hydrogens (tertiary/aromatic N) is 1. The molecule has 24 heavy (non-hydrogen) atoms. The fraction of sp³-hybridized carbons (Fsp3) is 0.176. The van der Waals surface area contributed by atoms with Crippen LogP contribution in [-0.2, 0) is 16.1 Å². The Balaban J connectivity index is 2.38. The zero-order valence-electron chi connectivity index (χ0n) is 12.6. The number of hydrogen-bond acceptors (Lipinski definition) is 2. The van der Waals surface area contributed by atoms with Gasteiger partial charge in [0, 0.05) is 16.6 Å². The monoisotopic (exact) mass is 384 g/mol. The molecule has 0 bridgehead atoms. The molecule has 2 aromatic carbocycles. The number of rotatable bonds is 6. The van der Waals surface area contributed by atoms with Crippen molar-refractivity contribution in [2.45, 2.75) is 12.6 Å². The van der Waals surface area contributed by atoms with Gasteiger partial charge < -0.3 is 10.6 Å². The van der Waals surface area contributed by atoms with Crippen molar-refractivity contribution in [2.75, 3.05) is 5.88 Å². The molecule has 4 nitrogen and oxygen atoms in total. The third-order valence-electron chi connectivity index (χ3n) is 3.47. The van der Waals surface area contributed by atoms with Gasteiger partial charge in [0.2, 0.25) is 11.8 Å². The molecule has 0 heterocycles. The second kappa shape index (κ2) is 8.38. The van der Waals surface area contributed by atoms with E-state index in [2.05, 4.69) is 0 Å². The molecule has 0 aliphatic carbocycles. The van der Waals surface area contributed by atoms with Crippen LogP contribution in [0.4, 0.5) is 0 Å². The third-order valence-corrected chi connectivity index (χ3v) is 4.20. The summed E-state index contributed by atoms with van der Waals surface area (Å²) in [6.45, 7) is 0.180. The van der Waals surface area contributed by atoms with Crippen LogP contribution in [0.3, 0.4) is 0 Å². The highest BCUT2D eigenvalue weighted by atomic mass is 35.5. The summed E-state index contributed by atoms with van der Waals surface area (Å²) >= 11 is 17.5. The van der Waals surface area contributed by atoms with Gasteiger partial charge in [-0.05, 0) is 35.4 Å². The second-order valence-corrected chi connectivity index (χ2v) is 6.28. The minimum Gasteiger partial charge on any atom is -0.368 e. The zero-order valence-corrected chi connectivity index (χ0v) is 14.9. The normalized spacial score (nSPS) is 11.8. The summed E-state index contributed by atoms with van der Waals surface area (Å²) < 4.78 is 0. The van der Waals surface area contributed by atoms with Gasteiger partial charge in [-0.3, -0.25) is 9.59 Å². The second-order valence-electron chi connectivity index (χ2n) is 5.14. The summed E-state index contributed by atoms with van der Waals surface area (Å²) in [7, 11) is 0. The first-order chi connectivity index (χ1) is 11.4. The topological polar surface area (TPSA) is 63.4 Å². The van der Waals surface area contributed by atoms with E-state index in [1.807, 2.05) is 0 Å². The van der Waals surface area contributed by atoms with E-state index in [4.69, 9.17) is 40.5 Å². The Labute approximate surface area is 155 Å². The van der Waals surface area contributed by atoms with Crippen molar-refractivity contribution in [3.63, 3.8) is 0 Å². The van der Waals surface area contributed by atoms with Crippen molar-refractivity contribution >= 4 is 46.6 Å². The molecule has 2 rings (SSSR count). The Morgan fingerprint density at radius 3 is 1.92 bits per heavy atom. The van der Waals surface area contributed by atoms with Gasteiger partial charge in [0.05, 0.1) is 0 Å². The Kier molecular flexibility index (Phi) is 6.49. The van der Waals surface area contributed by atoms with Crippen LogP contribution in [0.15, 0.2) is 48.5 Å². The average Bonchev–Trinajstić information content (AvgIpc) is 2.56. The SMILES string of the molecule is NC(=O)C(c1ccc(Cl)cc1)N(Cc1ccc(Cl)cc1)C(=O)CCl. The highest BCUT2D eigenvalue weighted by molar-refractivity contribution is 6.30. The van der Waals surface area contributed by atoms with Crippen molar-refractivity contribution in [1.29, 1.82) is 0 Å². The molecule has 0 radical (unpaired) electrons. The molecular weight excluding hydrogens is 371 g/mol. The molecule has 126 valence electrons. The van der Waals surface area contributed by atoms with Gasteiger partial charge in [-0.15, -0.1) is 11.6 Å². The third kappa shape index (κ3) is 4.63. The Morgan fingerprint density at radius 2 is 1.46 bits per heavy atom. The van der Waals surface area contributed by atoms with Gasteiger partial charge in [-0.1, -0.05) is 47.5 Å². The van der Waals surface area contributed by atoms with E-state index in [0.29, 0.717) is 15.6 Å². The van der Waals surface area contributed by atoms with Crippen LogP contribution in [0.1, 0.15) is 17.2 Å². The quantitative estimate of drug-likeness (QED) is 0.769. The van der Waals surface area contributed by atoms with Gasteiger partial charge in [0.15, 0.2) is 0 Å². The molecule has 1 unspecified atom stereocenters. The largest absolute Gasteiger partial charge is 0.368 e. The number of amides is 2. The number of halogens is 3. The Hall–Kier alpha value is -1.75. The van der Waals surface area contributed by atoms with Gasteiger partial charge in [-0.2, -0.15) is 0 Å². The Morgan fingerprint density at radius 1 is 0.958 bits per heavy atom. The van der Waals surface area contributed by atoms with Crippen LogP contribution >= 0.6 is 34.8 Å². The number of carbonyl (C=O) groups excluding carboxylic acids is 2. The summed E-state index contributed by atoms with van der Waals surface area (Å²) in [6, 6.07) is 12.6. The summed E-state index contributed by atoms with van der Waals surface area (Å²) in [5.41, 5.74) is 6.92. The van der Waals surface area contributed by atoms with Crippen molar-refractivity contribution in [2.24, 2.45) is 5.73 Å². The van der Waals surface area contributed by atoms with Crippen LogP contribution in [-0.4, -0.2) is 22.6 Å². The number of nitrogens with two attached hydrogens (primary N) is 1. The highest BCUT2D eigenvalue weighted by Crippen LogP contribution is 2.25. The maximum atomic E-state index is 12.3. The first kappa shape index (κ1) is 18.6. The molecule has 0 aromatic heterocycles. The van der Waals surface area contributed by atoms with E-state index in [9.17, 15) is 9.59 Å². The molecular formula is C17H15Cl3N2O2. The minimum absolute atomic E-state index is 0.180. The van der Waals surface area contributed by atoms with E-state index in [1.54, 1.807) is 48.5 Å². The van der Waals surface area contributed by atoms with E-state index in [0.717, 1.165) is 5.56 Å². The molecule has 0 aliphatic rings. The smallest absolute Gasteiger partial charge is 0.244 e. The zero-order chi connectivity index (χ0) is 17.7. The molecule has 7 heteroatoms. The van der Waals surface area contributed by atoms with E-state index in [-0.39, 0.29) is 12.4 Å². The standard InChI is InChI=1S/C17H15Cl3N2O2/c18-9-15(23)22(10-11-1-5-13(19)6-2-11)16(17(21)24)12-3-7-14(20)8-4-12/h1-8,16H,9-10H2,(H2,21,24). The molecule has 2 amide bonds. The number of primary amides is 1. The first-order valence-electron chi connectivity index (χ1n) is 7.07. The Bertz CT molecular complexity index is 718. The van der Waals surface area contributed by atoms with Gasteiger partial charge in [-0.25, -0.2) is 0 Å². The number of benzene rings is 2. The predicted octanol–water partition coefficient (Wildman–Crippen LogP) is 3.79. The number of alkyl halides is 1. The van der Waals surface area contributed by atoms with Crippen LogP contribution in [0.2, 0.25) is 10.0 Å². The first-order valence-corrected chi connectivity index (χ1v) is 8.36. The molecule has 0 fully saturated rings. The number of carbonyl (C=O) groups is 2. The van der Waals surface area contributed by atoms with Crippen LogP contribution in [0, 0.1) is 0 Å². The average molecular weight is 386 g/mol. The van der Waals surface area contributed by atoms with Crippen LogP contribution < -0.4 is 5.73 Å². The number of hydrogen-bond donors (Lipinski definition) is 1. The lowest BCUT2D eigenvalue weighted by atomic mass is 10.0. The van der Waals surface area contributed by atoms with E-state index < -0.39 is 17.9 Å². The summed E-state index contributed by atoms with van der Waals surface area (Å²) in [6.07, 6.45) is 0. The van der Waals surface area contributed by atoms with Crippen molar-refractivity contribution in [3.8, 4) is 0 Å².